The molecular formula is C11H25NO. The fraction of sp³-hybridized carbons (Fsp3) is 1.00. The molecular weight excluding hydrogens is 162 g/mol. The third-order valence-electron chi connectivity index (χ3n) is 2.37. The normalized spacial score (nSPS) is 13.2. The summed E-state index contributed by atoms with van der Waals surface area (Å²) in [6, 6.07) is 0. The molecule has 0 bridgehead atoms. The SMILES string of the molecule is CCCCNCC(CCC)CCO. The first-order valence-electron chi connectivity index (χ1n) is 5.66. The lowest BCUT2D eigenvalue weighted by Crippen LogP contribution is -2.24. The Hall–Kier alpha value is -0.0800. The molecule has 0 aromatic carbocycles. The van der Waals surface area contributed by atoms with E-state index in [0.717, 1.165) is 19.5 Å². The van der Waals surface area contributed by atoms with E-state index in [0.29, 0.717) is 12.5 Å². The van der Waals surface area contributed by atoms with Gasteiger partial charge in [0.2, 0.25) is 0 Å². The van der Waals surface area contributed by atoms with E-state index in [9.17, 15) is 0 Å². The smallest absolute Gasteiger partial charge is 0.0434 e. The van der Waals surface area contributed by atoms with Crippen molar-refractivity contribution in [2.24, 2.45) is 5.92 Å². The molecule has 0 saturated carbocycles. The van der Waals surface area contributed by atoms with Crippen LogP contribution in [0.25, 0.3) is 0 Å². The monoisotopic (exact) mass is 187 g/mol. The molecule has 0 aliphatic rings. The van der Waals surface area contributed by atoms with Gasteiger partial charge in [-0.15, -0.1) is 0 Å². The van der Waals surface area contributed by atoms with Gasteiger partial charge in [0.05, 0.1) is 0 Å². The van der Waals surface area contributed by atoms with Gasteiger partial charge >= 0.3 is 0 Å². The van der Waals surface area contributed by atoms with Crippen molar-refractivity contribution in [3.8, 4) is 0 Å². The first-order valence-corrected chi connectivity index (χ1v) is 5.66. The van der Waals surface area contributed by atoms with Crippen LogP contribution in [-0.4, -0.2) is 24.8 Å². The Kier molecular flexibility index (Phi) is 9.94. The molecule has 80 valence electrons. The molecule has 0 radical (unpaired) electrons. The summed E-state index contributed by atoms with van der Waals surface area (Å²) in [7, 11) is 0. The maximum absolute atomic E-state index is 8.84. The minimum atomic E-state index is 0.333. The zero-order valence-corrected chi connectivity index (χ0v) is 9.18. The van der Waals surface area contributed by atoms with Crippen LogP contribution in [0.4, 0.5) is 0 Å². The third-order valence-corrected chi connectivity index (χ3v) is 2.37. The maximum Gasteiger partial charge on any atom is 0.0434 e. The van der Waals surface area contributed by atoms with Crippen LogP contribution >= 0.6 is 0 Å². The van der Waals surface area contributed by atoms with Crippen LogP contribution in [-0.2, 0) is 0 Å². The van der Waals surface area contributed by atoms with E-state index in [1.807, 2.05) is 0 Å². The summed E-state index contributed by atoms with van der Waals surface area (Å²) in [6.45, 7) is 6.95. The van der Waals surface area contributed by atoms with Gasteiger partial charge in [0, 0.05) is 6.61 Å². The summed E-state index contributed by atoms with van der Waals surface area (Å²) in [4.78, 5) is 0. The first kappa shape index (κ1) is 12.9. The van der Waals surface area contributed by atoms with E-state index < -0.39 is 0 Å². The number of aliphatic hydroxyl groups is 1. The van der Waals surface area contributed by atoms with Gasteiger partial charge in [-0.05, 0) is 38.3 Å². The lowest BCUT2D eigenvalue weighted by Gasteiger charge is -2.15. The van der Waals surface area contributed by atoms with E-state index in [2.05, 4.69) is 19.2 Å². The summed E-state index contributed by atoms with van der Waals surface area (Å²) in [6.07, 6.45) is 5.93. The van der Waals surface area contributed by atoms with Crippen LogP contribution in [0.5, 0.6) is 0 Å². The molecule has 1 unspecified atom stereocenters. The van der Waals surface area contributed by atoms with Crippen molar-refractivity contribution in [3.63, 3.8) is 0 Å². The first-order chi connectivity index (χ1) is 6.35. The van der Waals surface area contributed by atoms with E-state index in [1.54, 1.807) is 0 Å². The Morgan fingerprint density at radius 2 is 1.92 bits per heavy atom. The van der Waals surface area contributed by atoms with Gasteiger partial charge in [0.15, 0.2) is 0 Å². The molecule has 0 aliphatic heterocycles. The molecule has 2 nitrogen and oxygen atoms in total. The molecule has 0 aromatic rings. The van der Waals surface area contributed by atoms with Crippen molar-refractivity contribution in [2.75, 3.05) is 19.7 Å². The van der Waals surface area contributed by atoms with Gasteiger partial charge in [-0.1, -0.05) is 26.7 Å². The zero-order valence-electron chi connectivity index (χ0n) is 9.18. The minimum absolute atomic E-state index is 0.333. The molecule has 0 rings (SSSR count). The molecule has 0 fully saturated rings. The van der Waals surface area contributed by atoms with E-state index in [-0.39, 0.29) is 0 Å². The van der Waals surface area contributed by atoms with Crippen molar-refractivity contribution in [1.29, 1.82) is 0 Å². The number of hydrogen-bond acceptors (Lipinski definition) is 2. The van der Waals surface area contributed by atoms with Crippen LogP contribution in [0, 0.1) is 5.92 Å². The average Bonchev–Trinajstić information content (AvgIpc) is 2.13. The molecule has 0 aromatic heterocycles. The standard InChI is InChI=1S/C11H25NO/c1-3-5-8-12-10-11(6-4-2)7-9-13/h11-13H,3-10H2,1-2H3. The molecule has 1 atom stereocenters. The molecule has 2 N–H and O–H groups in total. The average molecular weight is 187 g/mol. The van der Waals surface area contributed by atoms with Crippen LogP contribution in [0.15, 0.2) is 0 Å². The molecule has 0 amide bonds. The summed E-state index contributed by atoms with van der Waals surface area (Å²) in [5, 5.41) is 12.3. The number of hydrogen-bond donors (Lipinski definition) is 2. The fourth-order valence-corrected chi connectivity index (χ4v) is 1.55. The van der Waals surface area contributed by atoms with Gasteiger partial charge < -0.3 is 10.4 Å². The minimum Gasteiger partial charge on any atom is -0.396 e. The second-order valence-electron chi connectivity index (χ2n) is 3.72. The second-order valence-corrected chi connectivity index (χ2v) is 3.72. The predicted molar refractivity (Wildman–Crippen MR) is 57.9 cm³/mol. The lowest BCUT2D eigenvalue weighted by molar-refractivity contribution is 0.248. The van der Waals surface area contributed by atoms with Gasteiger partial charge in [0.25, 0.3) is 0 Å². The largest absolute Gasteiger partial charge is 0.396 e. The summed E-state index contributed by atoms with van der Waals surface area (Å²) >= 11 is 0. The number of unbranched alkanes of at least 4 members (excludes halogenated alkanes) is 1. The molecule has 0 spiro atoms. The second kappa shape index (κ2) is 10.0. The van der Waals surface area contributed by atoms with Gasteiger partial charge in [0.1, 0.15) is 0 Å². The molecule has 2 heteroatoms. The molecule has 0 saturated heterocycles. The fourth-order valence-electron chi connectivity index (χ4n) is 1.55. The zero-order chi connectivity index (χ0) is 9.94. The van der Waals surface area contributed by atoms with Crippen LogP contribution in [0.1, 0.15) is 46.0 Å². The van der Waals surface area contributed by atoms with Crippen LogP contribution in [0.2, 0.25) is 0 Å². The van der Waals surface area contributed by atoms with Crippen molar-refractivity contribution in [2.45, 2.75) is 46.0 Å². The molecule has 0 aliphatic carbocycles. The highest BCUT2D eigenvalue weighted by Gasteiger charge is 2.05. The van der Waals surface area contributed by atoms with E-state index in [4.69, 9.17) is 5.11 Å². The predicted octanol–water partition coefficient (Wildman–Crippen LogP) is 2.17. The number of aliphatic hydroxyl groups excluding tert-OH is 1. The molecule has 0 heterocycles. The van der Waals surface area contributed by atoms with E-state index >= 15 is 0 Å². The maximum atomic E-state index is 8.84. The Bertz CT molecular complexity index is 90.1. The van der Waals surface area contributed by atoms with Crippen molar-refractivity contribution >= 4 is 0 Å². The number of rotatable bonds is 9. The highest BCUT2D eigenvalue weighted by atomic mass is 16.3. The van der Waals surface area contributed by atoms with Gasteiger partial charge in [-0.3, -0.25) is 0 Å². The van der Waals surface area contributed by atoms with Crippen molar-refractivity contribution in [1.82, 2.24) is 5.32 Å². The quantitative estimate of drug-likeness (QED) is 0.542. The molecule has 13 heavy (non-hydrogen) atoms. The topological polar surface area (TPSA) is 32.3 Å². The van der Waals surface area contributed by atoms with Crippen LogP contribution < -0.4 is 5.32 Å². The summed E-state index contributed by atoms with van der Waals surface area (Å²) < 4.78 is 0. The Labute approximate surface area is 82.7 Å². The highest BCUT2D eigenvalue weighted by Crippen LogP contribution is 2.09. The number of nitrogens with one attached hydrogen (secondary N) is 1. The van der Waals surface area contributed by atoms with Gasteiger partial charge in [-0.2, -0.15) is 0 Å². The van der Waals surface area contributed by atoms with Crippen molar-refractivity contribution in [3.05, 3.63) is 0 Å². The summed E-state index contributed by atoms with van der Waals surface area (Å²) in [5.74, 6) is 0.673. The lowest BCUT2D eigenvalue weighted by atomic mass is 10.0. The third kappa shape index (κ3) is 8.26. The van der Waals surface area contributed by atoms with Crippen LogP contribution in [0.3, 0.4) is 0 Å². The Morgan fingerprint density at radius 1 is 1.15 bits per heavy atom. The Morgan fingerprint density at radius 3 is 2.46 bits per heavy atom. The van der Waals surface area contributed by atoms with Gasteiger partial charge in [-0.25, -0.2) is 0 Å². The highest BCUT2D eigenvalue weighted by molar-refractivity contribution is 4.61. The Balaban J connectivity index is 3.33. The summed E-state index contributed by atoms with van der Waals surface area (Å²) in [5.41, 5.74) is 0. The van der Waals surface area contributed by atoms with E-state index in [1.165, 1.54) is 25.7 Å². The van der Waals surface area contributed by atoms with Crippen molar-refractivity contribution < 1.29 is 5.11 Å².